The number of carbonyl (C=O) groups is 1. The average molecular weight is 388 g/mol. The minimum Gasteiger partial charge on any atom is -0.383 e. The first-order valence-corrected chi connectivity index (χ1v) is 10.3. The molecule has 1 aromatic carbocycles. The predicted molar refractivity (Wildman–Crippen MR) is 104 cm³/mol. The molecule has 0 aliphatic carbocycles. The van der Waals surface area contributed by atoms with Crippen LogP contribution in [0.15, 0.2) is 35.7 Å². The van der Waals surface area contributed by atoms with Crippen LogP contribution in [0.5, 0.6) is 0 Å². The lowest BCUT2D eigenvalue weighted by Crippen LogP contribution is -2.45. The van der Waals surface area contributed by atoms with Crippen LogP contribution in [0.3, 0.4) is 0 Å². The third-order valence-corrected chi connectivity index (χ3v) is 6.22. The second kappa shape index (κ2) is 8.06. The van der Waals surface area contributed by atoms with Crippen molar-refractivity contribution in [3.63, 3.8) is 0 Å². The fourth-order valence-electron chi connectivity index (χ4n) is 3.65. The van der Waals surface area contributed by atoms with E-state index in [0.717, 1.165) is 43.5 Å². The maximum Gasteiger partial charge on any atom is 0.253 e. The van der Waals surface area contributed by atoms with Gasteiger partial charge in [0.2, 0.25) is 0 Å². The summed E-state index contributed by atoms with van der Waals surface area (Å²) in [4.78, 5) is 21.5. The topological polar surface area (TPSA) is 65.9 Å². The number of aliphatic hydroxyl groups is 1. The van der Waals surface area contributed by atoms with Gasteiger partial charge in [-0.1, -0.05) is 18.2 Å². The Balaban J connectivity index is 1.37. The quantitative estimate of drug-likeness (QED) is 0.870. The highest BCUT2D eigenvalue weighted by Crippen LogP contribution is 2.34. The van der Waals surface area contributed by atoms with Crippen LogP contribution in [-0.2, 0) is 16.9 Å². The SMILES string of the molecule is O=C(c1ccccc1)N1CCC(O)(c2csc(CN3CCOCC3)n2)CC1. The van der Waals surface area contributed by atoms with Crippen LogP contribution in [0.4, 0.5) is 0 Å². The smallest absolute Gasteiger partial charge is 0.253 e. The van der Waals surface area contributed by atoms with Gasteiger partial charge in [-0.2, -0.15) is 0 Å². The molecule has 0 saturated carbocycles. The number of thiazole rings is 1. The Labute approximate surface area is 163 Å². The molecule has 0 atom stereocenters. The van der Waals surface area contributed by atoms with Crippen LogP contribution in [0, 0.1) is 0 Å². The molecule has 1 N–H and O–H groups in total. The minimum absolute atomic E-state index is 0.0314. The van der Waals surface area contributed by atoms with Gasteiger partial charge < -0.3 is 14.7 Å². The van der Waals surface area contributed by atoms with Gasteiger partial charge in [0.25, 0.3) is 5.91 Å². The summed E-state index contributed by atoms with van der Waals surface area (Å²) in [6.45, 7) is 5.29. The van der Waals surface area contributed by atoms with Crippen molar-refractivity contribution >= 4 is 17.2 Å². The Morgan fingerprint density at radius 3 is 2.56 bits per heavy atom. The van der Waals surface area contributed by atoms with Crippen molar-refractivity contribution < 1.29 is 14.6 Å². The summed E-state index contributed by atoms with van der Waals surface area (Å²) in [5.41, 5.74) is 0.514. The highest BCUT2D eigenvalue weighted by Gasteiger charge is 2.37. The molecular weight excluding hydrogens is 362 g/mol. The standard InChI is InChI=1S/C20H25N3O3S/c24-19(16-4-2-1-3-5-16)23-8-6-20(25,7-9-23)17-15-27-18(21-17)14-22-10-12-26-13-11-22/h1-5,15,25H,6-14H2. The molecule has 1 aromatic heterocycles. The summed E-state index contributed by atoms with van der Waals surface area (Å²) in [6.07, 6.45) is 1.04. The molecule has 3 heterocycles. The van der Waals surface area contributed by atoms with Gasteiger partial charge in [-0.25, -0.2) is 4.98 Å². The van der Waals surface area contributed by atoms with E-state index >= 15 is 0 Å². The molecular formula is C20H25N3O3S. The van der Waals surface area contributed by atoms with E-state index in [1.54, 1.807) is 11.3 Å². The van der Waals surface area contributed by atoms with Crippen molar-refractivity contribution in [2.24, 2.45) is 0 Å². The van der Waals surface area contributed by atoms with Crippen molar-refractivity contribution in [3.8, 4) is 0 Å². The Morgan fingerprint density at radius 1 is 1.15 bits per heavy atom. The molecule has 2 aliphatic rings. The second-order valence-electron chi connectivity index (χ2n) is 7.20. The molecule has 7 heteroatoms. The number of ether oxygens (including phenoxy) is 1. The van der Waals surface area contributed by atoms with Crippen molar-refractivity contribution in [2.45, 2.75) is 25.0 Å². The number of carbonyl (C=O) groups excluding carboxylic acids is 1. The molecule has 4 rings (SSSR count). The van der Waals surface area contributed by atoms with Gasteiger partial charge in [-0.05, 0) is 25.0 Å². The number of morpholine rings is 1. The number of hydrogen-bond acceptors (Lipinski definition) is 6. The van der Waals surface area contributed by atoms with Crippen LogP contribution in [0.1, 0.15) is 33.9 Å². The highest BCUT2D eigenvalue weighted by molar-refractivity contribution is 7.09. The van der Waals surface area contributed by atoms with Crippen LogP contribution in [0.25, 0.3) is 0 Å². The molecule has 2 aliphatic heterocycles. The molecule has 2 fully saturated rings. The average Bonchev–Trinajstić information content (AvgIpc) is 3.19. The highest BCUT2D eigenvalue weighted by atomic mass is 32.1. The summed E-state index contributed by atoms with van der Waals surface area (Å²) in [5.74, 6) is 0.0314. The third kappa shape index (κ3) is 4.21. The molecule has 0 unspecified atom stereocenters. The molecule has 1 amide bonds. The van der Waals surface area contributed by atoms with Gasteiger partial charge in [0.1, 0.15) is 10.6 Å². The normalized spacial score (nSPS) is 20.6. The van der Waals surface area contributed by atoms with Crippen molar-refractivity contribution in [1.29, 1.82) is 0 Å². The lowest BCUT2D eigenvalue weighted by Gasteiger charge is -2.37. The molecule has 0 radical (unpaired) electrons. The predicted octanol–water partition coefficient (Wildman–Crippen LogP) is 2.10. The van der Waals surface area contributed by atoms with Crippen LogP contribution in [-0.4, -0.2) is 65.2 Å². The Kier molecular flexibility index (Phi) is 5.54. The third-order valence-electron chi connectivity index (χ3n) is 5.39. The Morgan fingerprint density at radius 2 is 1.85 bits per heavy atom. The van der Waals surface area contributed by atoms with Gasteiger partial charge >= 0.3 is 0 Å². The zero-order chi connectivity index (χ0) is 18.7. The summed E-state index contributed by atoms with van der Waals surface area (Å²) in [7, 11) is 0. The fraction of sp³-hybridized carbons (Fsp3) is 0.500. The van der Waals surface area contributed by atoms with Crippen LogP contribution < -0.4 is 0 Å². The van der Waals surface area contributed by atoms with E-state index in [-0.39, 0.29) is 5.91 Å². The zero-order valence-electron chi connectivity index (χ0n) is 15.3. The number of rotatable bonds is 4. The number of aromatic nitrogens is 1. The van der Waals surface area contributed by atoms with Crippen molar-refractivity contribution in [1.82, 2.24) is 14.8 Å². The maximum atomic E-state index is 12.6. The van der Waals surface area contributed by atoms with E-state index in [1.807, 2.05) is 40.6 Å². The number of hydrogen-bond donors (Lipinski definition) is 1. The fourth-order valence-corrected chi connectivity index (χ4v) is 4.57. The number of benzene rings is 1. The first-order chi connectivity index (χ1) is 13.1. The Hall–Kier alpha value is -1.80. The van der Waals surface area contributed by atoms with Gasteiger partial charge in [0.15, 0.2) is 0 Å². The number of likely N-dealkylation sites (tertiary alicyclic amines) is 1. The van der Waals surface area contributed by atoms with Crippen molar-refractivity contribution in [3.05, 3.63) is 52.0 Å². The summed E-state index contributed by atoms with van der Waals surface area (Å²) >= 11 is 1.61. The summed E-state index contributed by atoms with van der Waals surface area (Å²) in [6, 6.07) is 9.32. The second-order valence-corrected chi connectivity index (χ2v) is 8.15. The molecule has 2 aromatic rings. The van der Waals surface area contributed by atoms with Crippen molar-refractivity contribution in [2.75, 3.05) is 39.4 Å². The van der Waals surface area contributed by atoms with E-state index in [4.69, 9.17) is 9.72 Å². The number of amides is 1. The van der Waals surface area contributed by atoms with E-state index < -0.39 is 5.60 Å². The van der Waals surface area contributed by atoms with Gasteiger partial charge in [0.05, 0.1) is 25.5 Å². The number of piperidine rings is 1. The lowest BCUT2D eigenvalue weighted by atomic mass is 9.88. The van der Waals surface area contributed by atoms with Crippen LogP contribution >= 0.6 is 11.3 Å². The molecule has 0 spiro atoms. The van der Waals surface area contributed by atoms with E-state index in [1.165, 1.54) is 0 Å². The molecule has 2 saturated heterocycles. The summed E-state index contributed by atoms with van der Waals surface area (Å²) < 4.78 is 5.38. The van der Waals surface area contributed by atoms with E-state index in [9.17, 15) is 9.90 Å². The number of nitrogens with zero attached hydrogens (tertiary/aromatic N) is 3. The monoisotopic (exact) mass is 387 g/mol. The van der Waals surface area contributed by atoms with Gasteiger partial charge in [-0.15, -0.1) is 11.3 Å². The van der Waals surface area contributed by atoms with Crippen LogP contribution in [0.2, 0.25) is 0 Å². The summed E-state index contributed by atoms with van der Waals surface area (Å²) in [5, 5.41) is 14.1. The van der Waals surface area contributed by atoms with E-state index in [2.05, 4.69) is 4.90 Å². The van der Waals surface area contributed by atoms with Gasteiger partial charge in [0, 0.05) is 37.1 Å². The first kappa shape index (κ1) is 18.6. The minimum atomic E-state index is -0.937. The van der Waals surface area contributed by atoms with Gasteiger partial charge in [-0.3, -0.25) is 9.69 Å². The molecule has 27 heavy (non-hydrogen) atoms. The zero-order valence-corrected chi connectivity index (χ0v) is 16.2. The largest absolute Gasteiger partial charge is 0.383 e. The maximum absolute atomic E-state index is 12.6. The Bertz CT molecular complexity index is 766. The van der Waals surface area contributed by atoms with E-state index in [0.29, 0.717) is 31.5 Å². The lowest BCUT2D eigenvalue weighted by molar-refractivity contribution is -0.0242. The molecule has 144 valence electrons. The molecule has 6 nitrogen and oxygen atoms in total. The first-order valence-electron chi connectivity index (χ1n) is 9.46. The molecule has 0 bridgehead atoms.